The lowest BCUT2D eigenvalue weighted by Crippen LogP contribution is -2.48. The Morgan fingerprint density at radius 1 is 1.35 bits per heavy atom. The molecule has 3 atom stereocenters. The van der Waals surface area contributed by atoms with E-state index in [9.17, 15) is 5.11 Å². The lowest BCUT2D eigenvalue weighted by molar-refractivity contribution is -0.0786. The molecule has 1 aliphatic rings. The van der Waals surface area contributed by atoms with E-state index in [2.05, 4.69) is 18.7 Å². The molecule has 0 saturated carbocycles. The van der Waals surface area contributed by atoms with Crippen LogP contribution in [0, 0.1) is 6.92 Å². The van der Waals surface area contributed by atoms with Crippen LogP contribution >= 0.6 is 0 Å². The number of benzene rings is 1. The highest BCUT2D eigenvalue weighted by molar-refractivity contribution is 5.27. The maximum absolute atomic E-state index is 10.1. The number of aliphatic hydroxyl groups excluding tert-OH is 1. The largest absolute Gasteiger partial charge is 0.491 e. The molecule has 0 spiro atoms. The van der Waals surface area contributed by atoms with Crippen molar-refractivity contribution in [2.24, 2.45) is 0 Å². The number of hydrogen-bond acceptors (Lipinski definition) is 4. The average molecular weight is 279 g/mol. The fourth-order valence-corrected chi connectivity index (χ4v) is 2.68. The fourth-order valence-electron chi connectivity index (χ4n) is 2.68. The Morgan fingerprint density at radius 3 is 2.70 bits per heavy atom. The van der Waals surface area contributed by atoms with Crippen molar-refractivity contribution in [2.45, 2.75) is 39.1 Å². The van der Waals surface area contributed by atoms with E-state index < -0.39 is 6.10 Å². The summed E-state index contributed by atoms with van der Waals surface area (Å²) in [6, 6.07) is 7.88. The summed E-state index contributed by atoms with van der Waals surface area (Å²) in [4.78, 5) is 2.24. The normalized spacial score (nSPS) is 25.4. The first kappa shape index (κ1) is 15.3. The van der Waals surface area contributed by atoms with Crippen LogP contribution in [0.25, 0.3) is 0 Å². The molecule has 0 aliphatic carbocycles. The molecule has 0 bridgehead atoms. The molecule has 1 fully saturated rings. The molecule has 20 heavy (non-hydrogen) atoms. The van der Waals surface area contributed by atoms with E-state index in [4.69, 9.17) is 9.47 Å². The molecule has 2 rings (SSSR count). The molecule has 1 N–H and O–H groups in total. The molecular weight excluding hydrogens is 254 g/mol. The van der Waals surface area contributed by atoms with Crippen molar-refractivity contribution in [3.8, 4) is 5.75 Å². The molecule has 0 unspecified atom stereocenters. The number of β-amino-alcohol motifs (C(OH)–C–C–N with tert-alkyl or cyclic N) is 1. The molecule has 4 heteroatoms. The molecule has 0 radical (unpaired) electrons. The summed E-state index contributed by atoms with van der Waals surface area (Å²) in [5.41, 5.74) is 1.16. The first-order valence-electron chi connectivity index (χ1n) is 7.28. The Bertz CT molecular complexity index is 414. The van der Waals surface area contributed by atoms with Crippen molar-refractivity contribution in [3.63, 3.8) is 0 Å². The summed E-state index contributed by atoms with van der Waals surface area (Å²) < 4.78 is 11.3. The molecular formula is C16H25NO3. The van der Waals surface area contributed by atoms with E-state index in [-0.39, 0.29) is 12.2 Å². The minimum atomic E-state index is -0.479. The van der Waals surface area contributed by atoms with E-state index in [1.165, 1.54) is 0 Å². The van der Waals surface area contributed by atoms with Crippen molar-refractivity contribution < 1.29 is 14.6 Å². The third-order valence-corrected chi connectivity index (χ3v) is 3.40. The summed E-state index contributed by atoms with van der Waals surface area (Å²) >= 11 is 0. The molecule has 4 nitrogen and oxygen atoms in total. The SMILES string of the molecule is Cc1cccc(OC[C@H](O)CN2C[C@@H](C)O[C@H](C)C2)c1. The Morgan fingerprint density at radius 2 is 2.05 bits per heavy atom. The number of hydrogen-bond donors (Lipinski definition) is 1. The predicted molar refractivity (Wildman–Crippen MR) is 79.1 cm³/mol. The van der Waals surface area contributed by atoms with Gasteiger partial charge >= 0.3 is 0 Å². The Balaban J connectivity index is 1.76. The lowest BCUT2D eigenvalue weighted by Gasteiger charge is -2.36. The van der Waals surface area contributed by atoms with Crippen LogP contribution < -0.4 is 4.74 Å². The zero-order chi connectivity index (χ0) is 14.5. The summed E-state index contributed by atoms with van der Waals surface area (Å²) in [5.74, 6) is 0.813. The summed E-state index contributed by atoms with van der Waals surface area (Å²) in [5, 5.41) is 10.1. The zero-order valence-electron chi connectivity index (χ0n) is 12.6. The van der Waals surface area contributed by atoms with Gasteiger partial charge in [-0.3, -0.25) is 4.90 Å². The highest BCUT2D eigenvalue weighted by atomic mass is 16.5. The second-order valence-electron chi connectivity index (χ2n) is 5.76. The van der Waals surface area contributed by atoms with E-state index in [0.29, 0.717) is 13.2 Å². The first-order valence-corrected chi connectivity index (χ1v) is 7.28. The zero-order valence-corrected chi connectivity index (χ0v) is 12.6. The van der Waals surface area contributed by atoms with Crippen LogP contribution in [-0.2, 0) is 4.74 Å². The monoisotopic (exact) mass is 279 g/mol. The number of ether oxygens (including phenoxy) is 2. The van der Waals surface area contributed by atoms with Gasteiger partial charge in [0.1, 0.15) is 18.5 Å². The van der Waals surface area contributed by atoms with Gasteiger partial charge in [0.15, 0.2) is 0 Å². The van der Waals surface area contributed by atoms with E-state index in [0.717, 1.165) is 24.4 Å². The van der Waals surface area contributed by atoms with Gasteiger partial charge in [-0.25, -0.2) is 0 Å². The summed E-state index contributed by atoms with van der Waals surface area (Å²) in [6.07, 6.45) is -0.0275. The Kier molecular flexibility index (Phi) is 5.40. The Labute approximate surface area is 121 Å². The number of rotatable bonds is 5. The molecule has 1 aromatic carbocycles. The first-order chi connectivity index (χ1) is 9.52. The minimum Gasteiger partial charge on any atom is -0.491 e. The lowest BCUT2D eigenvalue weighted by atomic mass is 10.2. The maximum Gasteiger partial charge on any atom is 0.119 e. The smallest absolute Gasteiger partial charge is 0.119 e. The second kappa shape index (κ2) is 7.07. The van der Waals surface area contributed by atoms with Gasteiger partial charge in [0.25, 0.3) is 0 Å². The highest BCUT2D eigenvalue weighted by Crippen LogP contribution is 2.14. The van der Waals surface area contributed by atoms with Gasteiger partial charge in [0, 0.05) is 19.6 Å². The number of nitrogens with zero attached hydrogens (tertiary/aromatic N) is 1. The molecule has 0 amide bonds. The van der Waals surface area contributed by atoms with Crippen molar-refractivity contribution in [3.05, 3.63) is 29.8 Å². The van der Waals surface area contributed by atoms with E-state index in [1.54, 1.807) is 0 Å². The molecule has 1 saturated heterocycles. The topological polar surface area (TPSA) is 41.9 Å². The van der Waals surface area contributed by atoms with Gasteiger partial charge in [0.05, 0.1) is 12.2 Å². The predicted octanol–water partition coefficient (Wildman–Crippen LogP) is 1.84. The second-order valence-corrected chi connectivity index (χ2v) is 5.76. The van der Waals surface area contributed by atoms with Crippen LogP contribution in [0.4, 0.5) is 0 Å². The van der Waals surface area contributed by atoms with Crippen molar-refractivity contribution in [2.75, 3.05) is 26.2 Å². The van der Waals surface area contributed by atoms with Gasteiger partial charge < -0.3 is 14.6 Å². The maximum atomic E-state index is 10.1. The summed E-state index contributed by atoms with van der Waals surface area (Å²) in [6.45, 7) is 8.85. The number of aliphatic hydroxyl groups is 1. The summed E-state index contributed by atoms with van der Waals surface area (Å²) in [7, 11) is 0. The van der Waals surface area contributed by atoms with Gasteiger partial charge in [-0.1, -0.05) is 12.1 Å². The number of morpholine rings is 1. The van der Waals surface area contributed by atoms with Crippen LogP contribution in [0.3, 0.4) is 0 Å². The third-order valence-electron chi connectivity index (χ3n) is 3.40. The quantitative estimate of drug-likeness (QED) is 0.893. The fraction of sp³-hybridized carbons (Fsp3) is 0.625. The highest BCUT2D eigenvalue weighted by Gasteiger charge is 2.23. The van der Waals surface area contributed by atoms with Crippen molar-refractivity contribution >= 4 is 0 Å². The van der Waals surface area contributed by atoms with Crippen LogP contribution in [0.5, 0.6) is 5.75 Å². The Hall–Kier alpha value is -1.10. The molecule has 1 aliphatic heterocycles. The molecule has 112 valence electrons. The van der Waals surface area contributed by atoms with Crippen molar-refractivity contribution in [1.82, 2.24) is 4.90 Å². The van der Waals surface area contributed by atoms with E-state index in [1.807, 2.05) is 31.2 Å². The minimum absolute atomic E-state index is 0.226. The third kappa shape index (κ3) is 4.78. The van der Waals surface area contributed by atoms with Crippen LogP contribution in [0.15, 0.2) is 24.3 Å². The van der Waals surface area contributed by atoms with E-state index >= 15 is 0 Å². The molecule has 1 aromatic rings. The number of aryl methyl sites for hydroxylation is 1. The van der Waals surface area contributed by atoms with Crippen LogP contribution in [-0.4, -0.2) is 54.6 Å². The molecule has 0 aromatic heterocycles. The van der Waals surface area contributed by atoms with Gasteiger partial charge in [-0.05, 0) is 38.5 Å². The van der Waals surface area contributed by atoms with Crippen LogP contribution in [0.2, 0.25) is 0 Å². The standard InChI is InChI=1S/C16H25NO3/c1-12-5-4-6-16(7-12)19-11-15(18)10-17-8-13(2)20-14(3)9-17/h4-7,13-15,18H,8-11H2,1-3H3/t13-,14-,15-/m1/s1. The van der Waals surface area contributed by atoms with Gasteiger partial charge in [-0.2, -0.15) is 0 Å². The van der Waals surface area contributed by atoms with Crippen molar-refractivity contribution in [1.29, 1.82) is 0 Å². The average Bonchev–Trinajstić information content (AvgIpc) is 2.35. The van der Waals surface area contributed by atoms with Crippen LogP contribution in [0.1, 0.15) is 19.4 Å². The van der Waals surface area contributed by atoms with Gasteiger partial charge in [-0.15, -0.1) is 0 Å². The van der Waals surface area contributed by atoms with Gasteiger partial charge in [0.2, 0.25) is 0 Å². The molecule has 1 heterocycles.